The molecule has 0 aromatic heterocycles. The number of fused-ring (bicyclic) bond motifs is 4. The summed E-state index contributed by atoms with van der Waals surface area (Å²) in [6.07, 6.45) is -0.387. The van der Waals surface area contributed by atoms with E-state index in [0.29, 0.717) is 6.54 Å². The van der Waals surface area contributed by atoms with E-state index in [9.17, 15) is 32.7 Å². The van der Waals surface area contributed by atoms with E-state index in [2.05, 4.69) is 21.3 Å². The van der Waals surface area contributed by atoms with Crippen molar-refractivity contribution >= 4 is 39.3 Å². The Morgan fingerprint density at radius 3 is 2.03 bits per heavy atom. The van der Waals surface area contributed by atoms with Crippen molar-refractivity contribution < 1.29 is 37.4 Å². The number of anilines is 1. The molecule has 5 atom stereocenters. The average molecular weight is 826 g/mol. The van der Waals surface area contributed by atoms with Crippen LogP contribution in [-0.4, -0.2) is 75.3 Å². The molecule has 5 rings (SSSR count). The number of aliphatic hydroxyl groups is 1. The summed E-state index contributed by atoms with van der Waals surface area (Å²) in [5, 5.41) is 23.6. The lowest BCUT2D eigenvalue weighted by Gasteiger charge is -2.30. The van der Waals surface area contributed by atoms with Gasteiger partial charge in [0, 0.05) is 30.6 Å². The second kappa shape index (κ2) is 19.9. The van der Waals surface area contributed by atoms with E-state index in [-0.39, 0.29) is 54.2 Å². The maximum absolute atomic E-state index is 14.1. The number of hydrogen-bond donors (Lipinski definition) is 5. The Morgan fingerprint density at radius 2 is 1.42 bits per heavy atom. The van der Waals surface area contributed by atoms with Gasteiger partial charge in [-0.2, -0.15) is 0 Å². The van der Waals surface area contributed by atoms with Crippen molar-refractivity contribution in [2.24, 2.45) is 17.8 Å². The van der Waals surface area contributed by atoms with Crippen LogP contribution in [0.15, 0.2) is 103 Å². The normalized spacial score (nSPS) is 17.7. The van der Waals surface area contributed by atoms with E-state index in [1.54, 1.807) is 0 Å². The van der Waals surface area contributed by atoms with Crippen LogP contribution < -0.4 is 25.6 Å². The maximum Gasteiger partial charge on any atom is 0.252 e. The van der Waals surface area contributed by atoms with Gasteiger partial charge in [0.05, 0.1) is 43.3 Å². The highest BCUT2D eigenvalue weighted by Gasteiger charge is 2.34. The average Bonchev–Trinajstić information content (AvgIpc) is 3.21. The summed E-state index contributed by atoms with van der Waals surface area (Å²) in [6.45, 7) is 7.60. The van der Waals surface area contributed by atoms with Crippen LogP contribution in [-0.2, 0) is 37.5 Å². The predicted octanol–water partition coefficient (Wildman–Crippen LogP) is 4.71. The molecule has 5 N–H and O–H groups in total. The molecule has 0 saturated carbocycles. The number of ether oxygens (including phenoxy) is 1. The van der Waals surface area contributed by atoms with Crippen molar-refractivity contribution in [1.82, 2.24) is 21.3 Å². The van der Waals surface area contributed by atoms with Crippen molar-refractivity contribution in [3.05, 3.63) is 137 Å². The number of sulfonamides is 1. The van der Waals surface area contributed by atoms with Crippen molar-refractivity contribution in [2.75, 3.05) is 24.2 Å². The number of amides is 4. The summed E-state index contributed by atoms with van der Waals surface area (Å²) in [5.74, 6) is -3.29. The monoisotopic (exact) mass is 825 g/mol. The van der Waals surface area contributed by atoms with Crippen molar-refractivity contribution in [3.63, 3.8) is 0 Å². The van der Waals surface area contributed by atoms with Crippen LogP contribution in [0.1, 0.15) is 83.1 Å². The molecule has 59 heavy (non-hydrogen) atoms. The van der Waals surface area contributed by atoms with Gasteiger partial charge < -0.3 is 31.1 Å². The van der Waals surface area contributed by atoms with E-state index < -0.39 is 57.9 Å². The largest absolute Gasteiger partial charge is 0.391 e. The molecule has 4 amide bonds. The maximum atomic E-state index is 14.1. The molecule has 13 nitrogen and oxygen atoms in total. The van der Waals surface area contributed by atoms with E-state index in [1.165, 1.54) is 25.2 Å². The fourth-order valence-electron chi connectivity index (χ4n) is 6.93. The first-order valence-electron chi connectivity index (χ1n) is 19.7. The van der Waals surface area contributed by atoms with Crippen LogP contribution in [0, 0.1) is 17.8 Å². The van der Waals surface area contributed by atoms with Gasteiger partial charge in [0.2, 0.25) is 21.8 Å². The summed E-state index contributed by atoms with van der Waals surface area (Å²) >= 11 is 0. The van der Waals surface area contributed by atoms with Crippen LogP contribution in [0.4, 0.5) is 5.69 Å². The Kier molecular flexibility index (Phi) is 15.0. The third-order valence-electron chi connectivity index (χ3n) is 10.5. The van der Waals surface area contributed by atoms with E-state index >= 15 is 0 Å². The number of nitrogens with one attached hydrogen (secondary N) is 4. The minimum absolute atomic E-state index is 0.0347. The quantitative estimate of drug-likeness (QED) is 0.129. The number of aliphatic hydroxyl groups excluding tert-OH is 1. The number of carbonyl (C=O) groups is 4. The highest BCUT2D eigenvalue weighted by Crippen LogP contribution is 2.27. The van der Waals surface area contributed by atoms with Crippen molar-refractivity contribution in [3.8, 4) is 0 Å². The predicted molar refractivity (Wildman–Crippen MR) is 227 cm³/mol. The van der Waals surface area contributed by atoms with Crippen molar-refractivity contribution in [2.45, 2.75) is 71.5 Å². The molecule has 0 aliphatic carbocycles. The molecule has 4 aromatic rings. The Morgan fingerprint density at radius 1 is 0.814 bits per heavy atom. The Balaban J connectivity index is 1.45. The van der Waals surface area contributed by atoms with Crippen LogP contribution in [0.2, 0.25) is 0 Å². The molecule has 0 saturated heterocycles. The number of carbonyl (C=O) groups excluding carboxylic acids is 4. The molecule has 0 fully saturated rings. The van der Waals surface area contributed by atoms with Crippen molar-refractivity contribution in [1.29, 1.82) is 0 Å². The van der Waals surface area contributed by atoms with Crippen LogP contribution in [0.5, 0.6) is 0 Å². The van der Waals surface area contributed by atoms with Gasteiger partial charge in [0.25, 0.3) is 11.8 Å². The minimum atomic E-state index is -3.81. The Bertz CT molecular complexity index is 2200. The fourth-order valence-corrected chi connectivity index (χ4v) is 7.42. The minimum Gasteiger partial charge on any atom is -0.391 e. The smallest absolute Gasteiger partial charge is 0.252 e. The van der Waals surface area contributed by atoms with E-state index in [0.717, 1.165) is 32.8 Å². The molecule has 0 spiro atoms. The third kappa shape index (κ3) is 12.0. The third-order valence-corrected chi connectivity index (χ3v) is 11.7. The Labute approximate surface area is 347 Å². The lowest BCUT2D eigenvalue weighted by molar-refractivity contribution is -0.134. The van der Waals surface area contributed by atoms with Gasteiger partial charge in [-0.1, -0.05) is 113 Å². The second-order valence-electron chi connectivity index (χ2n) is 15.7. The standard InChI is InChI=1S/C45H55N5O8S/c1-28(2)37(44(54)48-40(29(3)4)45(55)46-25-30-14-9-7-10-15-30)24-39(51)38-27-58-26-31-16-13-19-33(20-31)41(32-17-11-8-12-18-32)49-43(53)35-21-34(42(52)47-38)22-36(23-35)50(5)59(6,56)57/h7-23,28-29,37-41,51H,24-27H2,1-6H3,(H,46,55)(H,47,52)(H,48,54)(H,49,53)/t37-,38-,39-,40-,41?/m0/s1. The highest BCUT2D eigenvalue weighted by molar-refractivity contribution is 7.92. The number of rotatable bonds is 13. The van der Waals surface area contributed by atoms with Crippen LogP contribution in [0.25, 0.3) is 0 Å². The Hall–Kier alpha value is -5.57. The van der Waals surface area contributed by atoms with E-state index in [1.807, 2.05) is 113 Å². The zero-order chi connectivity index (χ0) is 42.9. The lowest BCUT2D eigenvalue weighted by atomic mass is 9.86. The zero-order valence-electron chi connectivity index (χ0n) is 34.3. The molecule has 4 aromatic carbocycles. The molecule has 0 radical (unpaired) electrons. The summed E-state index contributed by atoms with van der Waals surface area (Å²) < 4.78 is 32.4. The zero-order valence-corrected chi connectivity index (χ0v) is 35.2. The van der Waals surface area contributed by atoms with Crippen LogP contribution in [0.3, 0.4) is 0 Å². The number of hydrogen-bond acceptors (Lipinski definition) is 8. The van der Waals surface area contributed by atoms with E-state index in [4.69, 9.17) is 4.74 Å². The summed E-state index contributed by atoms with van der Waals surface area (Å²) in [7, 11) is -2.48. The molecular weight excluding hydrogens is 771 g/mol. The molecule has 1 aliphatic rings. The molecule has 1 heterocycles. The van der Waals surface area contributed by atoms with Gasteiger partial charge in [0.15, 0.2) is 0 Å². The van der Waals surface area contributed by atoms with Gasteiger partial charge >= 0.3 is 0 Å². The SMILES string of the molecule is CC(C)[C@H](C[C@H](O)[C@@H]1COCc2cccc(c2)C(c2ccccc2)NC(=O)c2cc(cc(N(C)S(C)(=O)=O)c2)C(=O)N1)C(=O)N[C@H](C(=O)NCc1ccccc1)C(C)C. The molecule has 14 heteroatoms. The molecule has 4 bridgehead atoms. The summed E-state index contributed by atoms with van der Waals surface area (Å²) in [4.78, 5) is 55.4. The first-order valence-corrected chi connectivity index (χ1v) is 21.6. The fraction of sp³-hybridized carbons (Fsp3) is 0.378. The van der Waals surface area contributed by atoms with Gasteiger partial charge in [-0.15, -0.1) is 0 Å². The van der Waals surface area contributed by atoms with Crippen LogP contribution >= 0.6 is 0 Å². The van der Waals surface area contributed by atoms with Gasteiger partial charge in [-0.05, 0) is 58.7 Å². The topological polar surface area (TPSA) is 183 Å². The number of benzene rings is 4. The van der Waals surface area contributed by atoms with Gasteiger partial charge in [0.1, 0.15) is 6.04 Å². The molecule has 1 unspecified atom stereocenters. The molecule has 1 aliphatic heterocycles. The second-order valence-corrected chi connectivity index (χ2v) is 17.8. The summed E-state index contributed by atoms with van der Waals surface area (Å²) in [6, 6.07) is 27.9. The van der Waals surface area contributed by atoms with Gasteiger partial charge in [-0.25, -0.2) is 8.42 Å². The van der Waals surface area contributed by atoms with Gasteiger partial charge in [-0.3, -0.25) is 23.5 Å². The first-order chi connectivity index (χ1) is 28.0. The first kappa shape index (κ1) is 44.5. The summed E-state index contributed by atoms with van der Waals surface area (Å²) in [5.41, 5.74) is 3.32. The highest BCUT2D eigenvalue weighted by atomic mass is 32.2. The molecule has 314 valence electrons. The lowest BCUT2D eigenvalue weighted by Crippen LogP contribution is -2.53. The number of nitrogens with zero attached hydrogens (tertiary/aromatic N) is 1. The molecular formula is C45H55N5O8S.